The van der Waals surface area contributed by atoms with Crippen molar-refractivity contribution in [2.75, 3.05) is 0 Å². The number of rotatable bonds is 2. The predicted octanol–water partition coefficient (Wildman–Crippen LogP) is 4.23. The van der Waals surface area contributed by atoms with Gasteiger partial charge in [0.25, 0.3) is 0 Å². The van der Waals surface area contributed by atoms with E-state index in [-0.39, 0.29) is 5.88 Å². The fourth-order valence-corrected chi connectivity index (χ4v) is 2.40. The molecule has 2 aromatic carbocycles. The zero-order chi connectivity index (χ0) is 14.9. The average molecular weight is 289 g/mol. The molecule has 0 saturated heterocycles. The van der Waals surface area contributed by atoms with Gasteiger partial charge in [0.15, 0.2) is 5.69 Å². The van der Waals surface area contributed by atoms with Crippen molar-refractivity contribution in [1.82, 2.24) is 15.2 Å². The zero-order valence-corrected chi connectivity index (χ0v) is 11.4. The molecule has 0 aliphatic rings. The van der Waals surface area contributed by atoms with Crippen LogP contribution in [0.5, 0.6) is 5.88 Å². The first-order valence-electron chi connectivity index (χ1n) is 6.75. The monoisotopic (exact) mass is 289 g/mol. The van der Waals surface area contributed by atoms with Crippen molar-refractivity contribution in [3.05, 3.63) is 54.7 Å². The molecule has 6 heteroatoms. The second-order valence-corrected chi connectivity index (χ2v) is 4.82. The Morgan fingerprint density at radius 3 is 2.59 bits per heavy atom. The van der Waals surface area contributed by atoms with Gasteiger partial charge in [-0.2, -0.15) is 5.10 Å². The van der Waals surface area contributed by atoms with Gasteiger partial charge < -0.3 is 10.1 Å². The van der Waals surface area contributed by atoms with Crippen LogP contribution in [0.1, 0.15) is 0 Å². The summed E-state index contributed by atoms with van der Waals surface area (Å²) in [5.41, 5.74) is 1.20. The number of benzene rings is 2. The molecule has 22 heavy (non-hydrogen) atoms. The third-order valence-electron chi connectivity index (χ3n) is 3.46. The summed E-state index contributed by atoms with van der Waals surface area (Å²) in [6.45, 7) is 0. The first-order chi connectivity index (χ1) is 10.8. The quantitative estimate of drug-likeness (QED) is 0.541. The third kappa shape index (κ3) is 1.98. The average Bonchev–Trinajstić information content (AvgIpc) is 2.88. The standard InChI is InChI=1S/C16H11N5O/c22-16-14(12-7-3-4-8-13(12)18-16)19-21-15-11-6-2-1-5-10(11)9-17-20-15/h1-9,18,22H. The van der Waals surface area contributed by atoms with Crippen molar-refractivity contribution in [3.8, 4) is 5.88 Å². The highest BCUT2D eigenvalue weighted by atomic mass is 16.3. The maximum atomic E-state index is 9.98. The summed E-state index contributed by atoms with van der Waals surface area (Å²) in [7, 11) is 0. The van der Waals surface area contributed by atoms with E-state index in [0.29, 0.717) is 11.5 Å². The number of nitrogens with one attached hydrogen (secondary N) is 1. The van der Waals surface area contributed by atoms with Crippen LogP contribution in [0, 0.1) is 0 Å². The topological polar surface area (TPSA) is 86.5 Å². The van der Waals surface area contributed by atoms with E-state index < -0.39 is 0 Å². The second-order valence-electron chi connectivity index (χ2n) is 4.82. The van der Waals surface area contributed by atoms with Gasteiger partial charge in [-0.05, 0) is 6.07 Å². The molecule has 2 heterocycles. The van der Waals surface area contributed by atoms with E-state index in [0.717, 1.165) is 21.7 Å². The van der Waals surface area contributed by atoms with E-state index in [9.17, 15) is 5.11 Å². The first kappa shape index (κ1) is 12.5. The maximum Gasteiger partial charge on any atom is 0.218 e. The van der Waals surface area contributed by atoms with Gasteiger partial charge in [0.2, 0.25) is 11.7 Å². The Labute approximate surface area is 125 Å². The van der Waals surface area contributed by atoms with Gasteiger partial charge in [0.05, 0.1) is 11.7 Å². The minimum atomic E-state index is -0.0156. The molecule has 0 fully saturated rings. The predicted molar refractivity (Wildman–Crippen MR) is 83.7 cm³/mol. The summed E-state index contributed by atoms with van der Waals surface area (Å²) in [4.78, 5) is 2.87. The van der Waals surface area contributed by atoms with Crippen LogP contribution < -0.4 is 0 Å². The van der Waals surface area contributed by atoms with Crippen molar-refractivity contribution in [1.29, 1.82) is 0 Å². The van der Waals surface area contributed by atoms with Crippen LogP contribution in [0.25, 0.3) is 21.7 Å². The van der Waals surface area contributed by atoms with Gasteiger partial charge in [0.1, 0.15) is 0 Å². The first-order valence-corrected chi connectivity index (χ1v) is 6.75. The number of H-pyrrole nitrogens is 1. The number of fused-ring (bicyclic) bond motifs is 2. The number of aromatic amines is 1. The molecule has 0 amide bonds. The number of hydrogen-bond donors (Lipinski definition) is 2. The number of aromatic nitrogens is 3. The minimum absolute atomic E-state index is 0.0156. The minimum Gasteiger partial charge on any atom is -0.493 e. The van der Waals surface area contributed by atoms with Crippen LogP contribution in [-0.4, -0.2) is 20.3 Å². The third-order valence-corrected chi connectivity index (χ3v) is 3.46. The van der Waals surface area contributed by atoms with E-state index in [2.05, 4.69) is 25.4 Å². The van der Waals surface area contributed by atoms with Gasteiger partial charge in [0, 0.05) is 16.2 Å². The molecular weight excluding hydrogens is 278 g/mol. The van der Waals surface area contributed by atoms with Crippen LogP contribution in [-0.2, 0) is 0 Å². The summed E-state index contributed by atoms with van der Waals surface area (Å²) < 4.78 is 0. The Balaban J connectivity index is 1.84. The van der Waals surface area contributed by atoms with E-state index >= 15 is 0 Å². The number of para-hydroxylation sites is 1. The van der Waals surface area contributed by atoms with Gasteiger partial charge in [-0.25, -0.2) is 0 Å². The Hall–Kier alpha value is -3.28. The van der Waals surface area contributed by atoms with Gasteiger partial charge >= 0.3 is 0 Å². The maximum absolute atomic E-state index is 9.98. The molecule has 0 aliphatic heterocycles. The fraction of sp³-hybridized carbons (Fsp3) is 0. The SMILES string of the molecule is Oc1[nH]c2ccccc2c1N=Nc1nncc2ccccc12. The van der Waals surface area contributed by atoms with Crippen molar-refractivity contribution >= 4 is 33.2 Å². The van der Waals surface area contributed by atoms with Crippen LogP contribution >= 0.6 is 0 Å². The summed E-state index contributed by atoms with van der Waals surface area (Å²) >= 11 is 0. The van der Waals surface area contributed by atoms with Crippen molar-refractivity contribution in [3.63, 3.8) is 0 Å². The second kappa shape index (κ2) is 4.92. The normalized spacial score (nSPS) is 11.6. The molecule has 4 aromatic rings. The number of aromatic hydroxyl groups is 1. The molecule has 0 spiro atoms. The van der Waals surface area contributed by atoms with Crippen LogP contribution in [0.2, 0.25) is 0 Å². The zero-order valence-electron chi connectivity index (χ0n) is 11.4. The molecular formula is C16H11N5O. The van der Waals surface area contributed by atoms with Crippen LogP contribution in [0.4, 0.5) is 11.5 Å². The van der Waals surface area contributed by atoms with Gasteiger partial charge in [-0.1, -0.05) is 42.5 Å². The molecule has 4 rings (SSSR count). The molecule has 106 valence electrons. The Morgan fingerprint density at radius 2 is 1.68 bits per heavy atom. The lowest BCUT2D eigenvalue weighted by Crippen LogP contribution is -1.82. The number of azo groups is 1. The molecule has 0 atom stereocenters. The molecule has 2 N–H and O–H groups in total. The molecule has 0 radical (unpaired) electrons. The van der Waals surface area contributed by atoms with E-state index in [4.69, 9.17) is 0 Å². The summed E-state index contributed by atoms with van der Waals surface area (Å²) in [5, 5.41) is 28.8. The lowest BCUT2D eigenvalue weighted by atomic mass is 10.2. The summed E-state index contributed by atoms with van der Waals surface area (Å²) in [6.07, 6.45) is 1.68. The largest absolute Gasteiger partial charge is 0.493 e. The lowest BCUT2D eigenvalue weighted by Gasteiger charge is -1.98. The Morgan fingerprint density at radius 1 is 0.909 bits per heavy atom. The highest BCUT2D eigenvalue weighted by molar-refractivity contribution is 5.94. The number of hydrogen-bond acceptors (Lipinski definition) is 5. The fourth-order valence-electron chi connectivity index (χ4n) is 2.40. The highest BCUT2D eigenvalue weighted by Crippen LogP contribution is 2.36. The van der Waals surface area contributed by atoms with Gasteiger partial charge in [-0.15, -0.1) is 15.3 Å². The van der Waals surface area contributed by atoms with E-state index in [1.54, 1.807) is 6.20 Å². The smallest absolute Gasteiger partial charge is 0.218 e. The highest BCUT2D eigenvalue weighted by Gasteiger charge is 2.10. The summed E-state index contributed by atoms with van der Waals surface area (Å²) in [5.74, 6) is 0.404. The van der Waals surface area contributed by atoms with E-state index in [1.807, 2.05) is 48.5 Å². The number of nitrogens with zero attached hydrogens (tertiary/aromatic N) is 4. The summed E-state index contributed by atoms with van der Waals surface area (Å²) in [6, 6.07) is 15.2. The Bertz CT molecular complexity index is 1000. The molecule has 0 aliphatic carbocycles. The lowest BCUT2D eigenvalue weighted by molar-refractivity contribution is 0.459. The molecule has 0 saturated carbocycles. The van der Waals surface area contributed by atoms with Crippen molar-refractivity contribution < 1.29 is 5.11 Å². The van der Waals surface area contributed by atoms with Crippen LogP contribution in [0.15, 0.2) is 65.0 Å². The molecule has 0 bridgehead atoms. The van der Waals surface area contributed by atoms with E-state index in [1.165, 1.54) is 0 Å². The Kier molecular flexibility index (Phi) is 2.79. The molecule has 6 nitrogen and oxygen atoms in total. The van der Waals surface area contributed by atoms with Crippen LogP contribution in [0.3, 0.4) is 0 Å². The molecule has 0 unspecified atom stereocenters. The molecule has 2 aromatic heterocycles. The van der Waals surface area contributed by atoms with Gasteiger partial charge in [-0.3, -0.25) is 0 Å². The van der Waals surface area contributed by atoms with Crippen molar-refractivity contribution in [2.45, 2.75) is 0 Å². The van der Waals surface area contributed by atoms with Crippen molar-refractivity contribution in [2.24, 2.45) is 10.2 Å².